The van der Waals surface area contributed by atoms with E-state index in [1.54, 1.807) is 0 Å². The van der Waals surface area contributed by atoms with Gasteiger partial charge in [0, 0.05) is 10.2 Å². The van der Waals surface area contributed by atoms with E-state index in [-0.39, 0.29) is 17.0 Å². The quantitative estimate of drug-likeness (QED) is 0.550. The summed E-state index contributed by atoms with van der Waals surface area (Å²) in [6.45, 7) is 0. The SMILES string of the molecule is Br.c1ccc2pc3ccccc3nc2c1. The molecule has 0 radical (unpaired) electrons. The lowest BCUT2D eigenvalue weighted by Crippen LogP contribution is -1.76. The summed E-state index contributed by atoms with van der Waals surface area (Å²) in [5.74, 6) is 0. The fourth-order valence-corrected chi connectivity index (χ4v) is 2.62. The van der Waals surface area contributed by atoms with Crippen LogP contribution in [0.2, 0.25) is 0 Å². The Hall–Kier alpha value is -0.980. The van der Waals surface area contributed by atoms with Gasteiger partial charge in [0.1, 0.15) is 0 Å². The monoisotopic (exact) mass is 277 g/mol. The molecular formula is C12H9BrNP. The number of para-hydroxylation sites is 2. The van der Waals surface area contributed by atoms with Gasteiger partial charge in [-0.15, -0.1) is 17.0 Å². The first kappa shape index (κ1) is 10.5. The van der Waals surface area contributed by atoms with Crippen molar-refractivity contribution in [3.8, 4) is 0 Å². The molecule has 0 saturated heterocycles. The number of fused-ring (bicyclic) bond motifs is 2. The van der Waals surface area contributed by atoms with Crippen LogP contribution >= 0.6 is 25.2 Å². The van der Waals surface area contributed by atoms with Crippen molar-refractivity contribution in [2.24, 2.45) is 0 Å². The smallest absolute Gasteiger partial charge is 0.0755 e. The average molecular weight is 278 g/mol. The summed E-state index contributed by atoms with van der Waals surface area (Å²) in [7, 11) is 1.27. The molecule has 3 heteroatoms. The van der Waals surface area contributed by atoms with Gasteiger partial charge in [0.15, 0.2) is 0 Å². The Bertz CT molecular complexity index is 504. The summed E-state index contributed by atoms with van der Waals surface area (Å²) < 4.78 is 0. The minimum absolute atomic E-state index is 0. The molecule has 1 aromatic heterocycles. The van der Waals surface area contributed by atoms with Crippen molar-refractivity contribution in [3.05, 3.63) is 48.5 Å². The van der Waals surface area contributed by atoms with Crippen molar-refractivity contribution in [2.45, 2.75) is 0 Å². The fourth-order valence-electron chi connectivity index (χ4n) is 1.57. The van der Waals surface area contributed by atoms with Gasteiger partial charge in [-0.25, -0.2) is 4.98 Å². The van der Waals surface area contributed by atoms with E-state index in [1.165, 1.54) is 18.4 Å². The number of hydrogen-bond acceptors (Lipinski definition) is 1. The predicted molar refractivity (Wildman–Crippen MR) is 72.1 cm³/mol. The largest absolute Gasteiger partial charge is 0.247 e. The maximum absolute atomic E-state index is 4.60. The summed E-state index contributed by atoms with van der Waals surface area (Å²) in [5, 5.41) is 2.59. The Morgan fingerprint density at radius 2 is 1.20 bits per heavy atom. The van der Waals surface area contributed by atoms with Crippen molar-refractivity contribution in [1.82, 2.24) is 4.98 Å². The first-order valence-corrected chi connectivity index (χ1v) is 5.44. The second-order valence-corrected chi connectivity index (χ2v) is 4.39. The Kier molecular flexibility index (Phi) is 2.99. The van der Waals surface area contributed by atoms with E-state index in [1.807, 2.05) is 12.1 Å². The van der Waals surface area contributed by atoms with Gasteiger partial charge in [-0.3, -0.25) is 0 Å². The number of hydrogen-bond donors (Lipinski definition) is 0. The van der Waals surface area contributed by atoms with Gasteiger partial charge in [-0.1, -0.05) is 32.5 Å². The first-order valence-electron chi connectivity index (χ1n) is 4.55. The van der Waals surface area contributed by atoms with E-state index in [9.17, 15) is 0 Å². The molecule has 0 aliphatic carbocycles. The van der Waals surface area contributed by atoms with E-state index in [0.717, 1.165) is 11.0 Å². The van der Waals surface area contributed by atoms with E-state index in [4.69, 9.17) is 0 Å². The van der Waals surface area contributed by atoms with Gasteiger partial charge in [0.25, 0.3) is 0 Å². The molecule has 0 spiro atoms. The van der Waals surface area contributed by atoms with Crippen molar-refractivity contribution < 1.29 is 0 Å². The summed E-state index contributed by atoms with van der Waals surface area (Å²) in [6, 6.07) is 16.6. The number of aromatic nitrogens is 1. The average Bonchev–Trinajstić information content (AvgIpc) is 2.26. The summed E-state index contributed by atoms with van der Waals surface area (Å²) in [4.78, 5) is 4.60. The Labute approximate surface area is 100 Å². The molecule has 74 valence electrons. The lowest BCUT2D eigenvalue weighted by Gasteiger charge is -1.99. The molecule has 1 nitrogen and oxygen atoms in total. The number of nitrogens with zero attached hydrogens (tertiary/aromatic N) is 1. The van der Waals surface area contributed by atoms with Gasteiger partial charge < -0.3 is 0 Å². The Balaban J connectivity index is 0.000000853. The zero-order valence-corrected chi connectivity index (χ0v) is 10.5. The highest BCUT2D eigenvalue weighted by atomic mass is 79.9. The second kappa shape index (κ2) is 4.26. The van der Waals surface area contributed by atoms with Gasteiger partial charge in [-0.2, -0.15) is 0 Å². The van der Waals surface area contributed by atoms with Crippen molar-refractivity contribution in [3.63, 3.8) is 0 Å². The standard InChI is InChI=1S/C12H8NP.BrH/c1-3-7-11-9(5-1)13-10-6-2-4-8-12(10)14-11;/h1-8H;1H. The van der Waals surface area contributed by atoms with Crippen LogP contribution in [-0.4, -0.2) is 4.98 Å². The molecule has 2 aromatic carbocycles. The minimum Gasteiger partial charge on any atom is -0.247 e. The molecule has 0 unspecified atom stereocenters. The van der Waals surface area contributed by atoms with Gasteiger partial charge in [0.2, 0.25) is 0 Å². The molecule has 0 N–H and O–H groups in total. The van der Waals surface area contributed by atoms with E-state index >= 15 is 0 Å². The zero-order valence-electron chi connectivity index (χ0n) is 7.92. The molecule has 1 heterocycles. The van der Waals surface area contributed by atoms with Gasteiger partial charge in [-0.05, 0) is 24.3 Å². The summed E-state index contributed by atoms with van der Waals surface area (Å²) >= 11 is 0. The van der Waals surface area contributed by atoms with Gasteiger partial charge in [0.05, 0.1) is 11.0 Å². The third-order valence-electron chi connectivity index (χ3n) is 2.25. The van der Waals surface area contributed by atoms with E-state index < -0.39 is 0 Å². The van der Waals surface area contributed by atoms with Crippen LogP contribution in [0.15, 0.2) is 48.5 Å². The molecule has 0 saturated carbocycles. The van der Waals surface area contributed by atoms with Crippen molar-refractivity contribution in [1.29, 1.82) is 0 Å². The molecule has 3 aromatic rings. The summed E-state index contributed by atoms with van der Waals surface area (Å²) in [5.41, 5.74) is 2.21. The van der Waals surface area contributed by atoms with Crippen LogP contribution in [0.1, 0.15) is 0 Å². The third kappa shape index (κ3) is 1.88. The highest BCUT2D eigenvalue weighted by molar-refractivity contribution is 8.93. The highest BCUT2D eigenvalue weighted by Crippen LogP contribution is 2.29. The topological polar surface area (TPSA) is 12.9 Å². The van der Waals surface area contributed by atoms with Crippen LogP contribution in [0.4, 0.5) is 0 Å². The van der Waals surface area contributed by atoms with Crippen LogP contribution in [0, 0.1) is 0 Å². The molecule has 0 bridgehead atoms. The first-order chi connectivity index (χ1) is 6.93. The van der Waals surface area contributed by atoms with Crippen LogP contribution < -0.4 is 0 Å². The van der Waals surface area contributed by atoms with Gasteiger partial charge >= 0.3 is 0 Å². The minimum atomic E-state index is 0. The Morgan fingerprint density at radius 1 is 0.733 bits per heavy atom. The lowest BCUT2D eigenvalue weighted by molar-refractivity contribution is 1.52. The van der Waals surface area contributed by atoms with Crippen LogP contribution in [-0.2, 0) is 0 Å². The predicted octanol–water partition coefficient (Wildman–Crippen LogP) is 4.55. The summed E-state index contributed by atoms with van der Waals surface area (Å²) in [6.07, 6.45) is 0. The number of benzene rings is 2. The molecule has 3 rings (SSSR count). The zero-order chi connectivity index (χ0) is 9.38. The Morgan fingerprint density at radius 3 is 1.73 bits per heavy atom. The number of halogens is 1. The molecule has 0 aliphatic heterocycles. The maximum Gasteiger partial charge on any atom is 0.0755 e. The fraction of sp³-hybridized carbons (Fsp3) is 0. The molecule has 0 atom stereocenters. The van der Waals surface area contributed by atoms with E-state index in [0.29, 0.717) is 0 Å². The van der Waals surface area contributed by atoms with Crippen LogP contribution in [0.5, 0.6) is 0 Å². The maximum atomic E-state index is 4.60. The van der Waals surface area contributed by atoms with Crippen molar-refractivity contribution >= 4 is 46.4 Å². The third-order valence-corrected chi connectivity index (χ3v) is 3.48. The van der Waals surface area contributed by atoms with E-state index in [2.05, 4.69) is 41.4 Å². The van der Waals surface area contributed by atoms with Crippen LogP contribution in [0.25, 0.3) is 21.3 Å². The second-order valence-electron chi connectivity index (χ2n) is 3.20. The highest BCUT2D eigenvalue weighted by Gasteiger charge is 1.97. The number of rotatable bonds is 0. The molecular weight excluding hydrogens is 269 g/mol. The van der Waals surface area contributed by atoms with Crippen molar-refractivity contribution in [2.75, 3.05) is 0 Å². The lowest BCUT2D eigenvalue weighted by atomic mass is 10.3. The normalized spacial score (nSPS) is 10.1. The molecule has 0 fully saturated rings. The molecule has 0 amide bonds. The van der Waals surface area contributed by atoms with Crippen LogP contribution in [0.3, 0.4) is 0 Å². The molecule has 15 heavy (non-hydrogen) atoms. The molecule has 0 aliphatic rings.